The number of aromatic nitrogens is 3. The molecule has 3 fully saturated rings. The van der Waals surface area contributed by atoms with Crippen molar-refractivity contribution in [1.82, 2.24) is 19.9 Å². The van der Waals surface area contributed by atoms with E-state index in [0.717, 1.165) is 42.3 Å². The number of anilines is 1. The van der Waals surface area contributed by atoms with E-state index >= 15 is 0 Å². The van der Waals surface area contributed by atoms with Crippen molar-refractivity contribution in [3.63, 3.8) is 0 Å². The van der Waals surface area contributed by atoms with Crippen LogP contribution < -0.4 is 4.90 Å². The second-order valence-electron chi connectivity index (χ2n) is 7.14. The van der Waals surface area contributed by atoms with E-state index in [1.807, 2.05) is 0 Å². The van der Waals surface area contributed by atoms with Gasteiger partial charge in [0, 0.05) is 42.8 Å². The maximum atomic E-state index is 13.4. The van der Waals surface area contributed by atoms with Crippen LogP contribution in [0.2, 0.25) is 0 Å². The van der Waals surface area contributed by atoms with Crippen molar-refractivity contribution in [3.05, 3.63) is 47.1 Å². The molecule has 3 aromatic rings. The summed E-state index contributed by atoms with van der Waals surface area (Å²) >= 11 is 1.76. The van der Waals surface area contributed by atoms with Crippen LogP contribution >= 0.6 is 11.3 Å². The third-order valence-electron chi connectivity index (χ3n) is 5.39. The first-order valence-corrected chi connectivity index (χ1v) is 9.86. The predicted molar refractivity (Wildman–Crippen MR) is 101 cm³/mol. The number of hydrogen-bond acceptors (Lipinski definition) is 6. The van der Waals surface area contributed by atoms with Gasteiger partial charge in [0.2, 0.25) is 0 Å². The number of hydrogen-bond donors (Lipinski definition) is 0. The molecule has 0 N–H and O–H groups in total. The summed E-state index contributed by atoms with van der Waals surface area (Å²) < 4.78 is 13.4. The molecule has 0 aliphatic carbocycles. The molecule has 0 saturated carbocycles. The Morgan fingerprint density at radius 2 is 2.04 bits per heavy atom. The van der Waals surface area contributed by atoms with Crippen molar-refractivity contribution < 1.29 is 4.39 Å². The van der Waals surface area contributed by atoms with Gasteiger partial charge in [-0.3, -0.25) is 9.88 Å². The quantitative estimate of drug-likeness (QED) is 0.706. The molecule has 6 rings (SSSR count). The molecular formula is C19H20FN5S. The average molecular weight is 369 g/mol. The van der Waals surface area contributed by atoms with Gasteiger partial charge in [0.05, 0.1) is 11.6 Å². The smallest absolute Gasteiger partial charge is 0.141 e. The molecule has 0 amide bonds. The van der Waals surface area contributed by atoms with Crippen molar-refractivity contribution in [2.24, 2.45) is 0 Å². The van der Waals surface area contributed by atoms with Crippen LogP contribution in [0, 0.1) is 5.82 Å². The van der Waals surface area contributed by atoms with E-state index in [2.05, 4.69) is 37.7 Å². The third kappa shape index (κ3) is 2.66. The summed E-state index contributed by atoms with van der Waals surface area (Å²) in [6.07, 6.45) is 6.94. The number of fused-ring (bicyclic) bond motifs is 3. The van der Waals surface area contributed by atoms with Crippen LogP contribution in [0.4, 0.5) is 10.2 Å². The van der Waals surface area contributed by atoms with Crippen LogP contribution in [-0.4, -0.2) is 45.0 Å². The number of rotatable bonds is 4. The van der Waals surface area contributed by atoms with E-state index in [9.17, 15) is 4.39 Å². The number of halogens is 1. The highest BCUT2D eigenvalue weighted by molar-refractivity contribution is 7.18. The largest absolute Gasteiger partial charge is 0.347 e. The summed E-state index contributed by atoms with van der Waals surface area (Å²) in [7, 11) is 0. The van der Waals surface area contributed by atoms with Crippen molar-refractivity contribution in [1.29, 1.82) is 0 Å². The van der Waals surface area contributed by atoms with E-state index in [0.29, 0.717) is 12.1 Å². The van der Waals surface area contributed by atoms with E-state index in [1.54, 1.807) is 29.9 Å². The minimum absolute atomic E-state index is 0.265. The van der Waals surface area contributed by atoms with Crippen LogP contribution in [0.3, 0.4) is 0 Å². The first-order valence-electron chi connectivity index (χ1n) is 9.05. The molecule has 7 heteroatoms. The Bertz CT molecular complexity index is 946. The van der Waals surface area contributed by atoms with Crippen molar-refractivity contribution >= 4 is 27.4 Å². The fourth-order valence-electron chi connectivity index (χ4n) is 4.25. The van der Waals surface area contributed by atoms with Crippen LogP contribution in [0.5, 0.6) is 0 Å². The number of thiophene rings is 1. The van der Waals surface area contributed by atoms with E-state index in [-0.39, 0.29) is 5.82 Å². The average Bonchev–Trinajstić information content (AvgIpc) is 3.06. The van der Waals surface area contributed by atoms with Gasteiger partial charge in [-0.2, -0.15) is 0 Å². The van der Waals surface area contributed by atoms with E-state index < -0.39 is 0 Å². The molecule has 3 aliphatic rings. The highest BCUT2D eigenvalue weighted by atomic mass is 32.1. The number of piperazine rings is 1. The fourth-order valence-corrected chi connectivity index (χ4v) is 5.17. The Kier molecular flexibility index (Phi) is 3.86. The number of aryl methyl sites for hydroxylation is 1. The van der Waals surface area contributed by atoms with Crippen LogP contribution in [-0.2, 0) is 13.0 Å². The molecule has 3 saturated heterocycles. The summed E-state index contributed by atoms with van der Waals surface area (Å²) in [6.45, 7) is 4.88. The first-order chi connectivity index (χ1) is 12.7. The Morgan fingerprint density at radius 3 is 2.81 bits per heavy atom. The Morgan fingerprint density at radius 1 is 1.19 bits per heavy atom. The van der Waals surface area contributed by atoms with Gasteiger partial charge >= 0.3 is 0 Å². The molecule has 3 aliphatic heterocycles. The number of piperidine rings is 1. The lowest BCUT2D eigenvalue weighted by atomic mass is 9.87. The lowest BCUT2D eigenvalue weighted by Gasteiger charge is -2.57. The number of nitrogens with zero attached hydrogens (tertiary/aromatic N) is 5. The van der Waals surface area contributed by atoms with Gasteiger partial charge in [0.15, 0.2) is 0 Å². The Hall–Kier alpha value is -2.12. The van der Waals surface area contributed by atoms with Crippen LogP contribution in [0.25, 0.3) is 10.2 Å². The van der Waals surface area contributed by atoms with Gasteiger partial charge in [-0.1, -0.05) is 6.92 Å². The lowest BCUT2D eigenvalue weighted by Crippen LogP contribution is -2.69. The van der Waals surface area contributed by atoms with Gasteiger partial charge in [-0.15, -0.1) is 11.3 Å². The highest BCUT2D eigenvalue weighted by Crippen LogP contribution is 2.40. The maximum Gasteiger partial charge on any atom is 0.141 e. The zero-order valence-corrected chi connectivity index (χ0v) is 15.4. The highest BCUT2D eigenvalue weighted by Gasteiger charge is 2.45. The Labute approximate surface area is 155 Å². The molecule has 3 aromatic heterocycles. The zero-order chi connectivity index (χ0) is 17.7. The van der Waals surface area contributed by atoms with Gasteiger partial charge in [0.1, 0.15) is 22.8 Å². The molecule has 6 heterocycles. The first kappa shape index (κ1) is 16.1. The molecule has 134 valence electrons. The molecule has 2 bridgehead atoms. The predicted octanol–water partition coefficient (Wildman–Crippen LogP) is 3.25. The standard InChI is InChI=1S/C19H20FN5S/c1-2-16-5-17-18(22-11-23-19(17)26-16)25-14-4-15(25)10-24(9-14)8-12-3-13(20)7-21-6-12/h3,5-7,11,14-15H,2,4,8-10H2,1H3. The van der Waals surface area contributed by atoms with Gasteiger partial charge in [-0.05, 0) is 30.5 Å². The molecular weight excluding hydrogens is 349 g/mol. The van der Waals surface area contributed by atoms with Gasteiger partial charge in [0.25, 0.3) is 0 Å². The normalized spacial score (nSPS) is 22.6. The summed E-state index contributed by atoms with van der Waals surface area (Å²) in [6, 6.07) is 4.77. The Balaban J connectivity index is 1.36. The number of pyridine rings is 1. The van der Waals surface area contributed by atoms with Crippen molar-refractivity contribution in [2.75, 3.05) is 18.0 Å². The zero-order valence-electron chi connectivity index (χ0n) is 14.6. The molecule has 26 heavy (non-hydrogen) atoms. The molecule has 5 nitrogen and oxygen atoms in total. The maximum absolute atomic E-state index is 13.4. The summed E-state index contributed by atoms with van der Waals surface area (Å²) in [5.74, 6) is 0.818. The van der Waals surface area contributed by atoms with Crippen LogP contribution in [0.1, 0.15) is 23.8 Å². The topological polar surface area (TPSA) is 45.2 Å². The lowest BCUT2D eigenvalue weighted by molar-refractivity contribution is 0.108. The second-order valence-corrected chi connectivity index (χ2v) is 8.25. The third-order valence-corrected chi connectivity index (χ3v) is 6.58. The van der Waals surface area contributed by atoms with Crippen LogP contribution in [0.15, 0.2) is 30.9 Å². The minimum Gasteiger partial charge on any atom is -0.347 e. The van der Waals surface area contributed by atoms with Crippen molar-refractivity contribution in [3.8, 4) is 0 Å². The van der Waals surface area contributed by atoms with E-state index in [4.69, 9.17) is 0 Å². The molecule has 0 radical (unpaired) electrons. The molecule has 0 spiro atoms. The van der Waals surface area contributed by atoms with E-state index in [1.165, 1.54) is 22.9 Å². The molecule has 2 atom stereocenters. The second kappa shape index (κ2) is 6.25. The minimum atomic E-state index is -0.265. The summed E-state index contributed by atoms with van der Waals surface area (Å²) in [5, 5.41) is 1.19. The monoisotopic (exact) mass is 369 g/mol. The van der Waals surface area contributed by atoms with Crippen molar-refractivity contribution in [2.45, 2.75) is 38.4 Å². The van der Waals surface area contributed by atoms with Gasteiger partial charge in [-0.25, -0.2) is 14.4 Å². The summed E-state index contributed by atoms with van der Waals surface area (Å²) in [4.78, 5) is 20.3. The molecule has 2 unspecified atom stereocenters. The fraction of sp³-hybridized carbons (Fsp3) is 0.421. The molecule has 0 aromatic carbocycles. The van der Waals surface area contributed by atoms with Gasteiger partial charge < -0.3 is 4.90 Å². The SMILES string of the molecule is CCc1cc2c(N3C4CC3CN(Cc3cncc(F)c3)C4)ncnc2s1. The summed E-state index contributed by atoms with van der Waals surface area (Å²) in [5.41, 5.74) is 0.938.